The molecular formula is C14H15F3N4O2. The van der Waals surface area contributed by atoms with Gasteiger partial charge >= 0.3 is 12.3 Å². The highest BCUT2D eigenvalue weighted by atomic mass is 19.4. The van der Waals surface area contributed by atoms with Crippen molar-refractivity contribution >= 4 is 17.5 Å². The van der Waals surface area contributed by atoms with Crippen LogP contribution >= 0.6 is 0 Å². The van der Waals surface area contributed by atoms with Crippen LogP contribution in [0.1, 0.15) is 26.3 Å². The Balaban J connectivity index is 2.37. The van der Waals surface area contributed by atoms with Gasteiger partial charge in [-0.2, -0.15) is 23.8 Å². The maximum Gasteiger partial charge on any atom is 0.452 e. The van der Waals surface area contributed by atoms with Gasteiger partial charge in [0.25, 0.3) is 0 Å². The third-order valence-corrected chi connectivity index (χ3v) is 2.56. The molecule has 0 radical (unpaired) electrons. The van der Waals surface area contributed by atoms with E-state index in [0.717, 1.165) is 0 Å². The van der Waals surface area contributed by atoms with Crippen molar-refractivity contribution in [1.82, 2.24) is 10.7 Å². The number of hydrazone groups is 2. The number of carbonyl (C=O) groups is 1. The number of ether oxygens (including phenoxy) is 1. The van der Waals surface area contributed by atoms with Crippen molar-refractivity contribution in [3.63, 3.8) is 0 Å². The molecule has 0 unspecified atom stereocenters. The molecule has 2 rings (SSSR count). The number of hydrogen-bond acceptors (Lipinski definition) is 5. The number of hydrogen-bond donors (Lipinski definition) is 1. The van der Waals surface area contributed by atoms with Gasteiger partial charge in [0.05, 0.1) is 0 Å². The topological polar surface area (TPSA) is 66.3 Å². The predicted octanol–water partition coefficient (Wildman–Crippen LogP) is 3.06. The van der Waals surface area contributed by atoms with Gasteiger partial charge in [-0.1, -0.05) is 35.4 Å². The molecule has 1 aromatic carbocycles. The van der Waals surface area contributed by atoms with Gasteiger partial charge in [0.15, 0.2) is 5.71 Å². The number of rotatable bonds is 1. The van der Waals surface area contributed by atoms with E-state index in [9.17, 15) is 18.0 Å². The third-order valence-electron chi connectivity index (χ3n) is 2.56. The summed E-state index contributed by atoms with van der Waals surface area (Å²) in [6.07, 6.45) is -5.68. The van der Waals surface area contributed by atoms with Crippen LogP contribution < -0.4 is 5.53 Å². The number of carbonyl (C=O) groups excluding carboxylic acids is 1. The van der Waals surface area contributed by atoms with Crippen molar-refractivity contribution in [3.8, 4) is 0 Å². The van der Waals surface area contributed by atoms with Gasteiger partial charge in [0.2, 0.25) is 0 Å². The number of hydrazine groups is 1. The minimum absolute atomic E-state index is 0.179. The Morgan fingerprint density at radius 3 is 2.30 bits per heavy atom. The van der Waals surface area contributed by atoms with Crippen molar-refractivity contribution in [2.75, 3.05) is 0 Å². The fraction of sp³-hybridized carbons (Fsp3) is 0.357. The zero-order chi connectivity index (χ0) is 17.3. The molecule has 0 fully saturated rings. The number of amides is 1. The second-order valence-corrected chi connectivity index (χ2v) is 5.66. The summed E-state index contributed by atoms with van der Waals surface area (Å²) >= 11 is 0. The van der Waals surface area contributed by atoms with Crippen molar-refractivity contribution < 1.29 is 22.7 Å². The molecule has 1 amide bonds. The van der Waals surface area contributed by atoms with E-state index in [-0.39, 0.29) is 5.56 Å². The van der Waals surface area contributed by atoms with Crippen LogP contribution in [0.5, 0.6) is 0 Å². The first-order chi connectivity index (χ1) is 10.6. The van der Waals surface area contributed by atoms with E-state index in [2.05, 4.69) is 10.2 Å². The largest absolute Gasteiger partial charge is 0.452 e. The summed E-state index contributed by atoms with van der Waals surface area (Å²) in [7, 11) is 0. The molecule has 23 heavy (non-hydrogen) atoms. The van der Waals surface area contributed by atoms with E-state index in [1.54, 1.807) is 39.0 Å². The Bertz CT molecular complexity index is 648. The van der Waals surface area contributed by atoms with Crippen molar-refractivity contribution in [3.05, 3.63) is 35.9 Å². The smallest absolute Gasteiger partial charge is 0.441 e. The standard InChI is InChI=1S/C14H15F3N4O2/c1-13(2,3)23-12(22)21-19-10(9-7-5-4-6-8-9)11(18-20-21)14(15,16)17/h4-8,20H,1-3H3. The summed E-state index contributed by atoms with van der Waals surface area (Å²) in [6, 6.07) is 7.66. The zero-order valence-corrected chi connectivity index (χ0v) is 12.7. The first kappa shape index (κ1) is 16.8. The monoisotopic (exact) mass is 328 g/mol. The Kier molecular flexibility index (Phi) is 4.31. The van der Waals surface area contributed by atoms with E-state index in [1.165, 1.54) is 12.1 Å². The Morgan fingerprint density at radius 2 is 1.78 bits per heavy atom. The molecule has 1 N–H and O–H groups in total. The summed E-state index contributed by atoms with van der Waals surface area (Å²) in [6.45, 7) is 4.88. The van der Waals surface area contributed by atoms with Gasteiger partial charge in [-0.05, 0) is 20.8 Å². The first-order valence-electron chi connectivity index (χ1n) is 6.66. The highest BCUT2D eigenvalue weighted by Gasteiger charge is 2.42. The third kappa shape index (κ3) is 4.21. The Morgan fingerprint density at radius 1 is 1.17 bits per heavy atom. The number of alkyl halides is 3. The van der Waals surface area contributed by atoms with Crippen molar-refractivity contribution in [2.24, 2.45) is 10.2 Å². The number of halogens is 3. The second-order valence-electron chi connectivity index (χ2n) is 5.66. The molecule has 1 aliphatic heterocycles. The summed E-state index contributed by atoms with van der Waals surface area (Å²) in [5, 5.41) is 7.46. The highest BCUT2D eigenvalue weighted by Crippen LogP contribution is 2.23. The average molecular weight is 328 g/mol. The lowest BCUT2D eigenvalue weighted by Gasteiger charge is -2.27. The maximum absolute atomic E-state index is 13.1. The zero-order valence-electron chi connectivity index (χ0n) is 12.7. The maximum atomic E-state index is 13.1. The molecule has 0 bridgehead atoms. The van der Waals surface area contributed by atoms with Crippen LogP contribution in [0, 0.1) is 0 Å². The fourth-order valence-electron chi connectivity index (χ4n) is 1.69. The average Bonchev–Trinajstić information content (AvgIpc) is 2.45. The van der Waals surface area contributed by atoms with Gasteiger partial charge < -0.3 is 4.74 Å². The molecule has 1 aliphatic rings. The van der Waals surface area contributed by atoms with Crippen LogP contribution in [0.2, 0.25) is 0 Å². The second kappa shape index (κ2) is 5.90. The summed E-state index contributed by atoms with van der Waals surface area (Å²) in [4.78, 5) is 11.9. The minimum Gasteiger partial charge on any atom is -0.441 e. The van der Waals surface area contributed by atoms with Crippen LogP contribution in [0.4, 0.5) is 18.0 Å². The van der Waals surface area contributed by atoms with Crippen LogP contribution in [-0.4, -0.2) is 34.4 Å². The van der Waals surface area contributed by atoms with Crippen LogP contribution in [0.25, 0.3) is 0 Å². The lowest BCUT2D eigenvalue weighted by Crippen LogP contribution is -2.47. The lowest BCUT2D eigenvalue weighted by molar-refractivity contribution is -0.0585. The van der Waals surface area contributed by atoms with Crippen molar-refractivity contribution in [2.45, 2.75) is 32.5 Å². The van der Waals surface area contributed by atoms with Crippen molar-refractivity contribution in [1.29, 1.82) is 0 Å². The van der Waals surface area contributed by atoms with E-state index >= 15 is 0 Å². The summed E-state index contributed by atoms with van der Waals surface area (Å²) in [5.41, 5.74) is -0.397. The quantitative estimate of drug-likeness (QED) is 0.861. The number of benzene rings is 1. The lowest BCUT2D eigenvalue weighted by atomic mass is 10.1. The van der Waals surface area contributed by atoms with Gasteiger partial charge in [-0.25, -0.2) is 4.79 Å². The van der Waals surface area contributed by atoms with Crippen LogP contribution in [0.3, 0.4) is 0 Å². The molecule has 1 aromatic rings. The number of nitrogens with zero attached hydrogens (tertiary/aromatic N) is 3. The molecule has 0 saturated heterocycles. The molecule has 0 saturated carbocycles. The normalized spacial score (nSPS) is 15.5. The first-order valence-corrected chi connectivity index (χ1v) is 6.66. The fourth-order valence-corrected chi connectivity index (χ4v) is 1.69. The van der Waals surface area contributed by atoms with Gasteiger partial charge in [-0.3, -0.25) is 0 Å². The minimum atomic E-state index is -4.72. The molecular weight excluding hydrogens is 313 g/mol. The molecule has 0 atom stereocenters. The van der Waals surface area contributed by atoms with E-state index in [1.807, 2.05) is 5.53 Å². The molecule has 0 aromatic heterocycles. The molecule has 6 nitrogen and oxygen atoms in total. The molecule has 124 valence electrons. The molecule has 0 spiro atoms. The number of nitrogens with one attached hydrogen (secondary N) is 1. The SMILES string of the molecule is CC(C)(C)OC(=O)N1N=C(c2ccccc2)C(C(F)(F)F)=NN1. The van der Waals surface area contributed by atoms with Gasteiger partial charge in [-0.15, -0.1) is 5.10 Å². The summed E-state index contributed by atoms with van der Waals surface area (Å²) < 4.78 is 44.3. The van der Waals surface area contributed by atoms with Crippen LogP contribution in [0.15, 0.2) is 40.5 Å². The van der Waals surface area contributed by atoms with E-state index in [0.29, 0.717) is 5.12 Å². The van der Waals surface area contributed by atoms with Gasteiger partial charge in [0.1, 0.15) is 11.3 Å². The molecule has 0 aliphatic carbocycles. The Hall–Kier alpha value is -2.58. The Labute approximate surface area is 130 Å². The highest BCUT2D eigenvalue weighted by molar-refractivity contribution is 6.50. The van der Waals surface area contributed by atoms with E-state index in [4.69, 9.17) is 4.74 Å². The molecule has 1 heterocycles. The molecule has 9 heteroatoms. The summed E-state index contributed by atoms with van der Waals surface area (Å²) in [5.74, 6) is 0. The van der Waals surface area contributed by atoms with E-state index < -0.39 is 29.3 Å². The van der Waals surface area contributed by atoms with Gasteiger partial charge in [0, 0.05) is 5.56 Å². The van der Waals surface area contributed by atoms with Crippen LogP contribution in [-0.2, 0) is 4.74 Å². The predicted molar refractivity (Wildman–Crippen MR) is 77.7 cm³/mol.